The van der Waals surface area contributed by atoms with Gasteiger partial charge in [-0.2, -0.15) is 0 Å². The summed E-state index contributed by atoms with van der Waals surface area (Å²) in [6.45, 7) is 0. The van der Waals surface area contributed by atoms with Crippen LogP contribution in [0.2, 0.25) is 0 Å². The standard InChI is InChI=1S/C54H31N3O2/c1-5-13-45-37(9-1)42-25-26-43-38-10-2-6-14-46(38)57-48-31-36(22-27-47(48)56(45)53(42)54(43)57)55(35-23-28-51-44(30-35)40-12-4-8-16-50(40)58-51)34-20-17-32(18-21-34)33-19-24-41-39-11-3-7-15-49(39)59-52(41)29-33/h1-31H. The largest absolute Gasteiger partial charge is 0.456 e. The second kappa shape index (κ2) is 11.3. The zero-order valence-corrected chi connectivity index (χ0v) is 31.6. The summed E-state index contributed by atoms with van der Waals surface area (Å²) in [7, 11) is 0. The summed E-state index contributed by atoms with van der Waals surface area (Å²) < 4.78 is 17.6. The highest BCUT2D eigenvalue weighted by molar-refractivity contribution is 6.25. The average molecular weight is 754 g/mol. The number of nitrogens with zero attached hydrogens (tertiary/aromatic N) is 3. The SMILES string of the molecule is c1ccc2c(c1)oc1cc(-c3ccc(N(c4ccc5oc6ccccc6c5c4)c4ccc5c(c4)n4c6ccccc6c6ccc7c8ccccc8n5c7c64)cc3)ccc12. The molecular weight excluding hydrogens is 723 g/mol. The Morgan fingerprint density at radius 2 is 0.780 bits per heavy atom. The molecule has 0 unspecified atom stereocenters. The van der Waals surface area contributed by atoms with Crippen LogP contribution in [0.4, 0.5) is 17.1 Å². The van der Waals surface area contributed by atoms with Crippen LogP contribution in [-0.2, 0) is 0 Å². The topological polar surface area (TPSA) is 38.3 Å². The fraction of sp³-hybridized carbons (Fsp3) is 0. The van der Waals surface area contributed by atoms with Crippen molar-refractivity contribution in [3.05, 3.63) is 188 Å². The smallest absolute Gasteiger partial charge is 0.136 e. The molecule has 9 aromatic carbocycles. The highest BCUT2D eigenvalue weighted by Crippen LogP contribution is 2.45. The van der Waals surface area contributed by atoms with Crippen molar-refractivity contribution in [3.8, 4) is 11.1 Å². The van der Waals surface area contributed by atoms with Crippen LogP contribution in [0.15, 0.2) is 197 Å². The van der Waals surface area contributed by atoms with Gasteiger partial charge in [0.1, 0.15) is 22.3 Å². The third-order valence-corrected chi connectivity index (χ3v) is 12.6. The number of furan rings is 2. The molecule has 0 aliphatic rings. The molecular formula is C54H31N3O2. The van der Waals surface area contributed by atoms with Crippen molar-refractivity contribution in [1.82, 2.24) is 8.80 Å². The fourth-order valence-corrected chi connectivity index (χ4v) is 10.0. The molecule has 5 heterocycles. The molecule has 0 atom stereocenters. The van der Waals surface area contributed by atoms with Crippen LogP contribution >= 0.6 is 0 Å². The third kappa shape index (κ3) is 4.18. The molecule has 0 spiro atoms. The molecule has 0 saturated heterocycles. The Balaban J connectivity index is 1.02. The lowest BCUT2D eigenvalue weighted by Gasteiger charge is -2.26. The molecule has 59 heavy (non-hydrogen) atoms. The van der Waals surface area contributed by atoms with E-state index in [-0.39, 0.29) is 0 Å². The number of aromatic nitrogens is 2. The molecule has 5 aromatic heterocycles. The Labute approximate surface area is 336 Å². The number of benzene rings is 9. The van der Waals surface area contributed by atoms with Crippen molar-refractivity contribution in [2.75, 3.05) is 4.90 Å². The maximum atomic E-state index is 6.31. The first-order valence-electron chi connectivity index (χ1n) is 20.1. The van der Waals surface area contributed by atoms with E-state index in [0.717, 1.165) is 83.1 Å². The number of anilines is 3. The minimum Gasteiger partial charge on any atom is -0.456 e. The van der Waals surface area contributed by atoms with Crippen LogP contribution in [0.5, 0.6) is 0 Å². The monoisotopic (exact) mass is 753 g/mol. The van der Waals surface area contributed by atoms with Crippen LogP contribution in [0.3, 0.4) is 0 Å². The summed E-state index contributed by atoms with van der Waals surface area (Å²) in [5.74, 6) is 0. The van der Waals surface area contributed by atoms with Gasteiger partial charge in [-0.15, -0.1) is 0 Å². The fourth-order valence-electron chi connectivity index (χ4n) is 10.0. The van der Waals surface area contributed by atoms with Gasteiger partial charge >= 0.3 is 0 Å². The van der Waals surface area contributed by atoms with E-state index in [1.807, 2.05) is 24.3 Å². The number of hydrogen-bond acceptors (Lipinski definition) is 3. The van der Waals surface area contributed by atoms with Crippen LogP contribution in [0.25, 0.3) is 110 Å². The molecule has 0 bridgehead atoms. The molecule has 14 rings (SSSR count). The number of rotatable bonds is 4. The van der Waals surface area contributed by atoms with Crippen LogP contribution in [0.1, 0.15) is 0 Å². The van der Waals surface area contributed by atoms with Gasteiger partial charge in [-0.3, -0.25) is 0 Å². The van der Waals surface area contributed by atoms with E-state index in [1.54, 1.807) is 0 Å². The van der Waals surface area contributed by atoms with Crippen LogP contribution in [0, 0.1) is 0 Å². The van der Waals surface area contributed by atoms with Crippen molar-refractivity contribution in [2.45, 2.75) is 0 Å². The van der Waals surface area contributed by atoms with Crippen molar-refractivity contribution < 1.29 is 8.83 Å². The van der Waals surface area contributed by atoms with Crippen molar-refractivity contribution in [2.24, 2.45) is 0 Å². The zero-order chi connectivity index (χ0) is 38.3. The van der Waals surface area contributed by atoms with Gasteiger partial charge < -0.3 is 22.5 Å². The molecule has 0 aliphatic carbocycles. The number of hydrogen-bond donors (Lipinski definition) is 0. The quantitative estimate of drug-likeness (QED) is 0.168. The van der Waals surface area contributed by atoms with E-state index >= 15 is 0 Å². The van der Waals surface area contributed by atoms with E-state index in [9.17, 15) is 0 Å². The van der Waals surface area contributed by atoms with Crippen LogP contribution < -0.4 is 4.90 Å². The van der Waals surface area contributed by atoms with E-state index in [2.05, 4.69) is 177 Å². The van der Waals surface area contributed by atoms with E-state index in [0.29, 0.717) is 0 Å². The molecule has 14 aromatic rings. The normalized spacial score (nSPS) is 12.4. The van der Waals surface area contributed by atoms with E-state index in [4.69, 9.17) is 8.83 Å². The lowest BCUT2D eigenvalue weighted by molar-refractivity contribution is 0.668. The highest BCUT2D eigenvalue weighted by atomic mass is 16.3. The molecule has 5 nitrogen and oxygen atoms in total. The van der Waals surface area contributed by atoms with Gasteiger partial charge in [-0.25, -0.2) is 0 Å². The minimum absolute atomic E-state index is 0.873. The van der Waals surface area contributed by atoms with Crippen LogP contribution in [-0.4, -0.2) is 8.80 Å². The van der Waals surface area contributed by atoms with Gasteiger partial charge in [-0.1, -0.05) is 103 Å². The molecule has 0 N–H and O–H groups in total. The lowest BCUT2D eigenvalue weighted by Crippen LogP contribution is -2.10. The first kappa shape index (κ1) is 31.1. The second-order valence-corrected chi connectivity index (χ2v) is 15.7. The minimum atomic E-state index is 0.873. The zero-order valence-electron chi connectivity index (χ0n) is 31.6. The number of fused-ring (bicyclic) bond motifs is 15. The predicted octanol–water partition coefficient (Wildman–Crippen LogP) is 15.2. The third-order valence-electron chi connectivity index (χ3n) is 12.6. The van der Waals surface area contributed by atoms with E-state index < -0.39 is 0 Å². The lowest BCUT2D eigenvalue weighted by atomic mass is 10.0. The highest BCUT2D eigenvalue weighted by Gasteiger charge is 2.23. The molecule has 0 fully saturated rings. The maximum absolute atomic E-state index is 6.31. The van der Waals surface area contributed by atoms with E-state index in [1.165, 1.54) is 43.6 Å². The molecule has 5 heteroatoms. The van der Waals surface area contributed by atoms with Gasteiger partial charge in [0.05, 0.1) is 33.1 Å². The van der Waals surface area contributed by atoms with Crippen molar-refractivity contribution in [3.63, 3.8) is 0 Å². The van der Waals surface area contributed by atoms with Gasteiger partial charge in [-0.05, 0) is 96.1 Å². The predicted molar refractivity (Wildman–Crippen MR) is 244 cm³/mol. The van der Waals surface area contributed by atoms with Crippen molar-refractivity contribution in [1.29, 1.82) is 0 Å². The molecule has 0 amide bonds. The molecule has 0 aliphatic heterocycles. The van der Waals surface area contributed by atoms with Gasteiger partial charge in [0.25, 0.3) is 0 Å². The Bertz CT molecular complexity index is 4030. The summed E-state index contributed by atoms with van der Waals surface area (Å²) in [5, 5.41) is 9.51. The second-order valence-electron chi connectivity index (χ2n) is 15.7. The van der Waals surface area contributed by atoms with Gasteiger partial charge in [0, 0.05) is 60.2 Å². The Morgan fingerprint density at radius 1 is 0.288 bits per heavy atom. The summed E-state index contributed by atoms with van der Waals surface area (Å²) >= 11 is 0. The maximum Gasteiger partial charge on any atom is 0.136 e. The van der Waals surface area contributed by atoms with Gasteiger partial charge in [0.15, 0.2) is 0 Å². The molecule has 0 radical (unpaired) electrons. The summed E-state index contributed by atoms with van der Waals surface area (Å²) in [5.41, 5.74) is 16.2. The Morgan fingerprint density at radius 3 is 1.49 bits per heavy atom. The van der Waals surface area contributed by atoms with Gasteiger partial charge in [0.2, 0.25) is 0 Å². The number of para-hydroxylation sites is 4. The first-order chi connectivity index (χ1) is 29.2. The molecule has 274 valence electrons. The first-order valence-corrected chi connectivity index (χ1v) is 20.1. The summed E-state index contributed by atoms with van der Waals surface area (Å²) in [6, 6.07) is 67.7. The summed E-state index contributed by atoms with van der Waals surface area (Å²) in [4.78, 5) is 2.38. The van der Waals surface area contributed by atoms with Crippen molar-refractivity contribution >= 4 is 116 Å². The molecule has 0 saturated carbocycles. The summed E-state index contributed by atoms with van der Waals surface area (Å²) in [6.07, 6.45) is 0. The Hall–Kier alpha value is -8.02. The average Bonchev–Trinajstić information content (AvgIpc) is 4.04. The Kier molecular flexibility index (Phi) is 5.96.